The molecule has 0 unspecified atom stereocenters. The molecule has 0 saturated heterocycles. The summed E-state index contributed by atoms with van der Waals surface area (Å²) in [5.41, 5.74) is 6.92. The van der Waals surface area contributed by atoms with Crippen LogP contribution in [0.4, 0.5) is 16.2 Å². The van der Waals surface area contributed by atoms with Crippen LogP contribution in [0.15, 0.2) is 24.3 Å². The molecule has 0 aromatic heterocycles. The number of hydrogen-bond acceptors (Lipinski definition) is 3. The van der Waals surface area contributed by atoms with E-state index in [1.54, 1.807) is 31.3 Å². The van der Waals surface area contributed by atoms with Crippen LogP contribution >= 0.6 is 0 Å². The monoisotopic (exact) mass is 180 g/mol. The van der Waals surface area contributed by atoms with E-state index in [1.807, 2.05) is 0 Å². The first kappa shape index (κ1) is 9.38. The second-order valence-corrected chi connectivity index (χ2v) is 2.62. The summed E-state index contributed by atoms with van der Waals surface area (Å²) < 4.78 is 4.55. The van der Waals surface area contributed by atoms with Crippen LogP contribution in [0, 0.1) is 0 Å². The Morgan fingerprint density at radius 3 is 2.38 bits per heavy atom. The van der Waals surface area contributed by atoms with Crippen LogP contribution < -0.4 is 10.6 Å². The predicted molar refractivity (Wildman–Crippen MR) is 51.7 cm³/mol. The van der Waals surface area contributed by atoms with E-state index in [9.17, 15) is 4.79 Å². The van der Waals surface area contributed by atoms with Crippen LogP contribution in [-0.4, -0.2) is 20.3 Å². The highest BCUT2D eigenvalue weighted by atomic mass is 16.5. The Morgan fingerprint density at radius 2 is 1.92 bits per heavy atom. The maximum Gasteiger partial charge on any atom is 0.413 e. The lowest BCUT2D eigenvalue weighted by Crippen LogP contribution is -2.25. The van der Waals surface area contributed by atoms with Gasteiger partial charge in [-0.25, -0.2) is 4.79 Å². The minimum atomic E-state index is -0.398. The molecule has 0 aliphatic heterocycles. The van der Waals surface area contributed by atoms with Gasteiger partial charge < -0.3 is 10.5 Å². The summed E-state index contributed by atoms with van der Waals surface area (Å²) in [4.78, 5) is 12.5. The third-order valence-corrected chi connectivity index (χ3v) is 1.73. The summed E-state index contributed by atoms with van der Waals surface area (Å²) in [6.45, 7) is 0. The molecule has 1 amide bonds. The van der Waals surface area contributed by atoms with Gasteiger partial charge in [0.05, 0.1) is 7.11 Å². The molecule has 0 atom stereocenters. The summed E-state index contributed by atoms with van der Waals surface area (Å²) >= 11 is 0. The fourth-order valence-electron chi connectivity index (χ4n) is 0.940. The van der Waals surface area contributed by atoms with Crippen molar-refractivity contribution in [1.82, 2.24) is 0 Å². The van der Waals surface area contributed by atoms with E-state index in [0.717, 1.165) is 5.69 Å². The second kappa shape index (κ2) is 3.80. The molecule has 0 radical (unpaired) electrons. The number of benzene rings is 1. The van der Waals surface area contributed by atoms with Crippen LogP contribution in [-0.2, 0) is 4.74 Å². The van der Waals surface area contributed by atoms with E-state index in [0.29, 0.717) is 5.69 Å². The summed E-state index contributed by atoms with van der Waals surface area (Å²) in [5.74, 6) is 0. The molecule has 0 saturated carbocycles. The number of nitrogen functional groups attached to an aromatic ring is 1. The Kier molecular flexibility index (Phi) is 2.74. The highest BCUT2D eigenvalue weighted by Crippen LogP contribution is 2.15. The Morgan fingerprint density at radius 1 is 1.38 bits per heavy atom. The lowest BCUT2D eigenvalue weighted by Gasteiger charge is -2.15. The zero-order valence-electron chi connectivity index (χ0n) is 7.65. The number of methoxy groups -OCH3 is 1. The molecule has 2 N–H and O–H groups in total. The lowest BCUT2D eigenvalue weighted by molar-refractivity contribution is 0.180. The number of amides is 1. The van der Waals surface area contributed by atoms with E-state index in [4.69, 9.17) is 5.73 Å². The number of rotatable bonds is 1. The number of carbonyl (C=O) groups is 1. The molecule has 1 aromatic rings. The molecule has 4 heteroatoms. The van der Waals surface area contributed by atoms with Crippen molar-refractivity contribution in [3.8, 4) is 0 Å². The number of ether oxygens (including phenoxy) is 1. The Bertz CT molecular complexity index is 295. The number of nitrogens with two attached hydrogens (primary N) is 1. The van der Waals surface area contributed by atoms with Crippen LogP contribution in [0.5, 0.6) is 0 Å². The van der Waals surface area contributed by atoms with E-state index < -0.39 is 6.09 Å². The van der Waals surface area contributed by atoms with Gasteiger partial charge in [0.2, 0.25) is 0 Å². The van der Waals surface area contributed by atoms with Crippen LogP contribution in [0.3, 0.4) is 0 Å². The molecular formula is C9H12N2O2. The zero-order valence-corrected chi connectivity index (χ0v) is 7.65. The molecule has 0 aliphatic carbocycles. The maximum absolute atomic E-state index is 11.1. The highest BCUT2D eigenvalue weighted by Gasteiger charge is 2.09. The van der Waals surface area contributed by atoms with Gasteiger partial charge in [-0.1, -0.05) is 0 Å². The maximum atomic E-state index is 11.1. The third kappa shape index (κ3) is 2.11. The summed E-state index contributed by atoms with van der Waals surface area (Å²) in [6, 6.07) is 6.97. The zero-order chi connectivity index (χ0) is 9.84. The quantitative estimate of drug-likeness (QED) is 0.666. The number of nitrogens with zero attached hydrogens (tertiary/aromatic N) is 1. The van der Waals surface area contributed by atoms with Gasteiger partial charge in [0, 0.05) is 18.4 Å². The van der Waals surface area contributed by atoms with Gasteiger partial charge >= 0.3 is 6.09 Å². The van der Waals surface area contributed by atoms with Gasteiger partial charge in [0.15, 0.2) is 0 Å². The molecule has 0 bridgehead atoms. The fraction of sp³-hybridized carbons (Fsp3) is 0.222. The van der Waals surface area contributed by atoms with E-state index >= 15 is 0 Å². The lowest BCUT2D eigenvalue weighted by atomic mass is 10.3. The minimum absolute atomic E-state index is 0.398. The minimum Gasteiger partial charge on any atom is -0.452 e. The molecule has 4 nitrogen and oxygen atoms in total. The van der Waals surface area contributed by atoms with Crippen LogP contribution in [0.1, 0.15) is 0 Å². The normalized spacial score (nSPS) is 9.38. The first-order valence-electron chi connectivity index (χ1n) is 3.82. The van der Waals surface area contributed by atoms with Gasteiger partial charge in [-0.05, 0) is 24.3 Å². The standard InChI is InChI=1S/C9H12N2O2/c1-11(9(12)13-2)8-5-3-7(10)4-6-8/h3-6H,10H2,1-2H3. The fourth-order valence-corrected chi connectivity index (χ4v) is 0.940. The highest BCUT2D eigenvalue weighted by molar-refractivity contribution is 5.87. The summed E-state index contributed by atoms with van der Waals surface area (Å²) in [5, 5.41) is 0. The first-order valence-corrected chi connectivity index (χ1v) is 3.82. The van der Waals surface area contributed by atoms with Gasteiger partial charge in [-0.3, -0.25) is 4.90 Å². The van der Waals surface area contributed by atoms with Crippen molar-refractivity contribution in [1.29, 1.82) is 0 Å². The van der Waals surface area contributed by atoms with Crippen molar-refractivity contribution >= 4 is 17.5 Å². The molecule has 0 spiro atoms. The van der Waals surface area contributed by atoms with E-state index in [-0.39, 0.29) is 0 Å². The van der Waals surface area contributed by atoms with Crippen molar-refractivity contribution < 1.29 is 9.53 Å². The Labute approximate surface area is 76.9 Å². The molecule has 0 fully saturated rings. The first-order chi connectivity index (χ1) is 6.15. The molecule has 13 heavy (non-hydrogen) atoms. The smallest absolute Gasteiger partial charge is 0.413 e. The number of hydrogen-bond donors (Lipinski definition) is 1. The average molecular weight is 180 g/mol. The third-order valence-electron chi connectivity index (χ3n) is 1.73. The van der Waals surface area contributed by atoms with Crippen molar-refractivity contribution in [2.75, 3.05) is 24.8 Å². The molecular weight excluding hydrogens is 168 g/mol. The summed E-state index contributed by atoms with van der Waals surface area (Å²) in [6.07, 6.45) is -0.398. The van der Waals surface area contributed by atoms with Gasteiger partial charge in [0.1, 0.15) is 0 Å². The van der Waals surface area contributed by atoms with E-state index in [1.165, 1.54) is 12.0 Å². The predicted octanol–water partition coefficient (Wildman–Crippen LogP) is 1.47. The van der Waals surface area contributed by atoms with Crippen LogP contribution in [0.2, 0.25) is 0 Å². The second-order valence-electron chi connectivity index (χ2n) is 2.62. The van der Waals surface area contributed by atoms with Crippen molar-refractivity contribution in [3.05, 3.63) is 24.3 Å². The number of carbonyl (C=O) groups excluding carboxylic acids is 1. The molecule has 1 rings (SSSR count). The van der Waals surface area contributed by atoms with Gasteiger partial charge in [0.25, 0.3) is 0 Å². The SMILES string of the molecule is COC(=O)N(C)c1ccc(N)cc1. The largest absolute Gasteiger partial charge is 0.452 e. The molecule has 0 heterocycles. The van der Waals surface area contributed by atoms with Crippen molar-refractivity contribution in [3.63, 3.8) is 0 Å². The topological polar surface area (TPSA) is 55.6 Å². The van der Waals surface area contributed by atoms with Gasteiger partial charge in [-0.15, -0.1) is 0 Å². The molecule has 70 valence electrons. The van der Waals surface area contributed by atoms with Crippen LogP contribution in [0.25, 0.3) is 0 Å². The van der Waals surface area contributed by atoms with Crippen molar-refractivity contribution in [2.45, 2.75) is 0 Å². The Balaban J connectivity index is 2.83. The van der Waals surface area contributed by atoms with E-state index in [2.05, 4.69) is 4.74 Å². The molecule has 0 aliphatic rings. The average Bonchev–Trinajstić information content (AvgIpc) is 2.17. The number of anilines is 2. The van der Waals surface area contributed by atoms with Gasteiger partial charge in [-0.2, -0.15) is 0 Å². The molecule has 1 aromatic carbocycles. The summed E-state index contributed by atoms with van der Waals surface area (Å²) in [7, 11) is 2.98. The Hall–Kier alpha value is -1.71. The van der Waals surface area contributed by atoms with Crippen molar-refractivity contribution in [2.24, 2.45) is 0 Å².